The largest absolute Gasteiger partial charge is 0.294 e. The van der Waals surface area contributed by atoms with E-state index in [9.17, 15) is 4.79 Å². The first-order valence-corrected chi connectivity index (χ1v) is 8.18. The number of carbonyl (C=O) groups excluding carboxylic acids is 1. The van der Waals surface area contributed by atoms with E-state index in [1.54, 1.807) is 0 Å². The van der Waals surface area contributed by atoms with Gasteiger partial charge in [0.2, 0.25) is 0 Å². The fourth-order valence-electron chi connectivity index (χ4n) is 2.39. The minimum atomic E-state index is 0.140. The van der Waals surface area contributed by atoms with Crippen LogP contribution in [0.5, 0.6) is 0 Å². The molecule has 0 atom stereocenters. The van der Waals surface area contributed by atoms with Gasteiger partial charge >= 0.3 is 0 Å². The number of benzene rings is 3. The molecule has 0 heterocycles. The Morgan fingerprint density at radius 3 is 2.19 bits per heavy atom. The summed E-state index contributed by atoms with van der Waals surface area (Å²) in [6.07, 6.45) is 0.416. The number of fused-ring (bicyclic) bond motifs is 1. The van der Waals surface area contributed by atoms with Gasteiger partial charge in [-0.3, -0.25) is 4.79 Å². The van der Waals surface area contributed by atoms with Crippen molar-refractivity contribution in [2.24, 2.45) is 0 Å². The first kappa shape index (κ1) is 14.5. The summed E-state index contributed by atoms with van der Waals surface area (Å²) < 4.78 is 2.03. The van der Waals surface area contributed by atoms with E-state index in [0.29, 0.717) is 6.42 Å². The summed E-state index contributed by atoms with van der Waals surface area (Å²) in [5, 5.41) is 2.06. The van der Waals surface area contributed by atoms with Crippen LogP contribution in [0.4, 0.5) is 0 Å². The molecule has 3 rings (SSSR count). The SMILES string of the molecule is O=C(Cc1ccc(Br)cc1)c1ccc(Br)c2ccccc12. The Kier molecular flexibility index (Phi) is 4.22. The summed E-state index contributed by atoms with van der Waals surface area (Å²) in [5.74, 6) is 0.140. The van der Waals surface area contributed by atoms with Crippen LogP contribution in [0.25, 0.3) is 10.8 Å². The Hall–Kier alpha value is -1.45. The molecule has 0 saturated carbocycles. The third-order valence-electron chi connectivity index (χ3n) is 3.45. The summed E-state index contributed by atoms with van der Waals surface area (Å²) >= 11 is 6.95. The Balaban J connectivity index is 1.98. The number of rotatable bonds is 3. The second-order valence-corrected chi connectivity index (χ2v) is 6.64. The van der Waals surface area contributed by atoms with Gasteiger partial charge in [0.05, 0.1) is 0 Å². The molecule has 1 nitrogen and oxygen atoms in total. The van der Waals surface area contributed by atoms with Crippen molar-refractivity contribution in [3.05, 3.63) is 80.7 Å². The van der Waals surface area contributed by atoms with E-state index < -0.39 is 0 Å². The van der Waals surface area contributed by atoms with Gasteiger partial charge in [0, 0.05) is 20.9 Å². The molecule has 0 saturated heterocycles. The van der Waals surface area contributed by atoms with Crippen molar-refractivity contribution in [3.63, 3.8) is 0 Å². The van der Waals surface area contributed by atoms with Gasteiger partial charge in [-0.1, -0.05) is 68.3 Å². The van der Waals surface area contributed by atoms with Crippen LogP contribution in [0.3, 0.4) is 0 Å². The summed E-state index contributed by atoms with van der Waals surface area (Å²) in [7, 11) is 0. The minimum absolute atomic E-state index is 0.140. The highest BCUT2D eigenvalue weighted by atomic mass is 79.9. The maximum atomic E-state index is 12.6. The van der Waals surface area contributed by atoms with Gasteiger partial charge in [-0.2, -0.15) is 0 Å². The number of halogens is 2. The molecule has 0 radical (unpaired) electrons. The summed E-state index contributed by atoms with van der Waals surface area (Å²) in [6, 6.07) is 19.7. The van der Waals surface area contributed by atoms with Crippen molar-refractivity contribution in [3.8, 4) is 0 Å². The van der Waals surface area contributed by atoms with Crippen LogP contribution in [-0.2, 0) is 6.42 Å². The van der Waals surface area contributed by atoms with Crippen molar-refractivity contribution in [2.45, 2.75) is 6.42 Å². The second-order valence-electron chi connectivity index (χ2n) is 4.87. The van der Waals surface area contributed by atoms with Crippen LogP contribution in [0.1, 0.15) is 15.9 Å². The third kappa shape index (κ3) is 3.09. The summed E-state index contributed by atoms with van der Waals surface area (Å²) in [6.45, 7) is 0. The Labute approximate surface area is 140 Å². The standard InChI is InChI=1S/C18H12Br2O/c19-13-7-5-12(6-8-13)11-18(21)16-9-10-17(20)15-4-2-1-3-14(15)16/h1-10H,11H2. The normalized spacial score (nSPS) is 10.8. The van der Waals surface area contributed by atoms with Crippen LogP contribution in [-0.4, -0.2) is 5.78 Å². The zero-order valence-electron chi connectivity index (χ0n) is 11.1. The van der Waals surface area contributed by atoms with Crippen LogP contribution in [0, 0.1) is 0 Å². The van der Waals surface area contributed by atoms with Crippen LogP contribution >= 0.6 is 31.9 Å². The van der Waals surface area contributed by atoms with E-state index in [4.69, 9.17) is 0 Å². The lowest BCUT2D eigenvalue weighted by Crippen LogP contribution is -2.04. The van der Waals surface area contributed by atoms with E-state index >= 15 is 0 Å². The fraction of sp³-hybridized carbons (Fsp3) is 0.0556. The molecule has 0 amide bonds. The van der Waals surface area contributed by atoms with Crippen LogP contribution in [0.15, 0.2) is 69.6 Å². The first-order valence-electron chi connectivity index (χ1n) is 6.60. The van der Waals surface area contributed by atoms with Gasteiger partial charge < -0.3 is 0 Å². The van der Waals surface area contributed by atoms with Gasteiger partial charge in [0.15, 0.2) is 5.78 Å². The quantitative estimate of drug-likeness (QED) is 0.505. The van der Waals surface area contributed by atoms with E-state index in [1.165, 1.54) is 0 Å². The van der Waals surface area contributed by atoms with E-state index in [0.717, 1.165) is 30.8 Å². The highest BCUT2D eigenvalue weighted by Gasteiger charge is 2.12. The zero-order valence-corrected chi connectivity index (χ0v) is 14.3. The van der Waals surface area contributed by atoms with E-state index in [2.05, 4.69) is 31.9 Å². The Bertz CT molecular complexity index is 807. The van der Waals surface area contributed by atoms with E-state index in [-0.39, 0.29) is 5.78 Å². The van der Waals surface area contributed by atoms with Crippen molar-refractivity contribution in [1.29, 1.82) is 0 Å². The summed E-state index contributed by atoms with van der Waals surface area (Å²) in [4.78, 5) is 12.6. The number of hydrogen-bond acceptors (Lipinski definition) is 1. The molecule has 0 fully saturated rings. The van der Waals surface area contributed by atoms with Crippen molar-refractivity contribution in [2.75, 3.05) is 0 Å². The fourth-order valence-corrected chi connectivity index (χ4v) is 3.13. The average molecular weight is 404 g/mol. The minimum Gasteiger partial charge on any atom is -0.294 e. The van der Waals surface area contributed by atoms with E-state index in [1.807, 2.05) is 60.7 Å². The summed E-state index contributed by atoms with van der Waals surface area (Å²) in [5.41, 5.74) is 1.80. The zero-order chi connectivity index (χ0) is 14.8. The molecule has 3 aromatic carbocycles. The van der Waals surface area contributed by atoms with Crippen molar-refractivity contribution in [1.82, 2.24) is 0 Å². The molecule has 0 N–H and O–H groups in total. The molecular formula is C18H12Br2O. The maximum absolute atomic E-state index is 12.6. The third-order valence-corrected chi connectivity index (χ3v) is 4.67. The highest BCUT2D eigenvalue weighted by molar-refractivity contribution is 9.11. The predicted molar refractivity (Wildman–Crippen MR) is 93.8 cm³/mol. The Morgan fingerprint density at radius 1 is 0.810 bits per heavy atom. The molecule has 0 aliphatic rings. The molecule has 104 valence electrons. The number of carbonyl (C=O) groups is 1. The molecule has 0 spiro atoms. The van der Waals surface area contributed by atoms with Gasteiger partial charge in [-0.25, -0.2) is 0 Å². The van der Waals surface area contributed by atoms with Crippen LogP contribution < -0.4 is 0 Å². The predicted octanol–water partition coefficient (Wildman–Crippen LogP) is 5.79. The van der Waals surface area contributed by atoms with Crippen molar-refractivity contribution < 1.29 is 4.79 Å². The van der Waals surface area contributed by atoms with Gasteiger partial charge in [-0.15, -0.1) is 0 Å². The number of Topliss-reactive ketones (excluding diaryl/α,β-unsaturated/α-hetero) is 1. The smallest absolute Gasteiger partial charge is 0.167 e. The van der Waals surface area contributed by atoms with Crippen molar-refractivity contribution >= 4 is 48.4 Å². The lowest BCUT2D eigenvalue weighted by molar-refractivity contribution is 0.0994. The Morgan fingerprint density at radius 2 is 1.48 bits per heavy atom. The average Bonchev–Trinajstić information content (AvgIpc) is 2.50. The molecule has 0 bridgehead atoms. The number of ketones is 1. The van der Waals surface area contributed by atoms with Gasteiger partial charge in [0.1, 0.15) is 0 Å². The highest BCUT2D eigenvalue weighted by Crippen LogP contribution is 2.27. The van der Waals surface area contributed by atoms with Crippen LogP contribution in [0.2, 0.25) is 0 Å². The molecular weight excluding hydrogens is 392 g/mol. The monoisotopic (exact) mass is 402 g/mol. The van der Waals surface area contributed by atoms with Gasteiger partial charge in [0.25, 0.3) is 0 Å². The lowest BCUT2D eigenvalue weighted by atomic mass is 9.97. The second kappa shape index (κ2) is 6.12. The molecule has 3 heteroatoms. The number of hydrogen-bond donors (Lipinski definition) is 0. The molecule has 0 aromatic heterocycles. The maximum Gasteiger partial charge on any atom is 0.167 e. The topological polar surface area (TPSA) is 17.1 Å². The molecule has 21 heavy (non-hydrogen) atoms. The first-order chi connectivity index (χ1) is 10.1. The molecule has 0 aliphatic carbocycles. The molecule has 0 unspecified atom stereocenters. The molecule has 0 aliphatic heterocycles. The lowest BCUT2D eigenvalue weighted by Gasteiger charge is -2.08. The van der Waals surface area contributed by atoms with Gasteiger partial charge in [-0.05, 0) is 40.6 Å². The molecule has 3 aromatic rings.